The minimum atomic E-state index is -0.755. The number of carbonyl (C=O) groups is 4. The predicted molar refractivity (Wildman–Crippen MR) is 74.0 cm³/mol. The smallest absolute Gasteiger partial charge is 0.331 e. The normalized spacial score (nSPS) is 11.0. The molecule has 0 spiro atoms. The van der Waals surface area contributed by atoms with Crippen molar-refractivity contribution in [3.8, 4) is 0 Å². The molecular formula is C14H21NO6. The van der Waals surface area contributed by atoms with Gasteiger partial charge in [0.1, 0.15) is 6.61 Å². The van der Waals surface area contributed by atoms with Crippen LogP contribution in [0.25, 0.3) is 0 Å². The molecule has 0 fully saturated rings. The second-order valence-electron chi connectivity index (χ2n) is 5.45. The van der Waals surface area contributed by atoms with E-state index in [2.05, 4.69) is 4.74 Å². The van der Waals surface area contributed by atoms with Crippen LogP contribution >= 0.6 is 0 Å². The molecule has 0 aliphatic rings. The third-order valence-corrected chi connectivity index (χ3v) is 2.26. The fourth-order valence-corrected chi connectivity index (χ4v) is 1.29. The van der Waals surface area contributed by atoms with Crippen LogP contribution in [0.5, 0.6) is 0 Å². The number of imide groups is 1. The Kier molecular flexibility index (Phi) is 7.96. The van der Waals surface area contributed by atoms with Gasteiger partial charge in [0.25, 0.3) is 0 Å². The van der Waals surface area contributed by atoms with Crippen LogP contribution in [0.2, 0.25) is 0 Å². The van der Waals surface area contributed by atoms with Crippen LogP contribution in [0.4, 0.5) is 0 Å². The van der Waals surface area contributed by atoms with Gasteiger partial charge in [-0.05, 0) is 5.41 Å². The lowest BCUT2D eigenvalue weighted by Gasteiger charge is -2.21. The van der Waals surface area contributed by atoms with Crippen molar-refractivity contribution in [3.63, 3.8) is 0 Å². The van der Waals surface area contributed by atoms with Gasteiger partial charge in [-0.15, -0.1) is 0 Å². The van der Waals surface area contributed by atoms with Crippen LogP contribution in [0.3, 0.4) is 0 Å². The zero-order chi connectivity index (χ0) is 16.5. The van der Waals surface area contributed by atoms with Crippen molar-refractivity contribution < 1.29 is 28.7 Å². The Morgan fingerprint density at radius 1 is 1.10 bits per heavy atom. The Balaban J connectivity index is 4.21. The van der Waals surface area contributed by atoms with Gasteiger partial charge in [0, 0.05) is 18.6 Å². The van der Waals surface area contributed by atoms with Crippen molar-refractivity contribution in [2.24, 2.45) is 5.41 Å². The maximum absolute atomic E-state index is 11.8. The summed E-state index contributed by atoms with van der Waals surface area (Å²) >= 11 is 0. The van der Waals surface area contributed by atoms with Crippen LogP contribution in [-0.2, 0) is 28.7 Å². The molecule has 7 nitrogen and oxygen atoms in total. The lowest BCUT2D eigenvalue weighted by atomic mass is 9.92. The minimum absolute atomic E-state index is 0.0315. The molecule has 0 heterocycles. The van der Waals surface area contributed by atoms with Gasteiger partial charge in [-0.1, -0.05) is 20.8 Å². The fourth-order valence-electron chi connectivity index (χ4n) is 1.29. The zero-order valence-electron chi connectivity index (χ0n) is 12.8. The van der Waals surface area contributed by atoms with Crippen LogP contribution in [-0.4, -0.2) is 49.4 Å². The van der Waals surface area contributed by atoms with E-state index < -0.39 is 11.9 Å². The quantitative estimate of drug-likeness (QED) is 0.390. The fraction of sp³-hybridized carbons (Fsp3) is 0.571. The summed E-state index contributed by atoms with van der Waals surface area (Å²) in [5, 5.41) is 0. The first kappa shape index (κ1) is 18.8. The van der Waals surface area contributed by atoms with Gasteiger partial charge in [-0.2, -0.15) is 0 Å². The number of carbonyl (C=O) groups excluding carboxylic acids is 4. The van der Waals surface area contributed by atoms with E-state index in [9.17, 15) is 19.2 Å². The van der Waals surface area contributed by atoms with Crippen LogP contribution in [0.1, 0.15) is 27.2 Å². The van der Waals surface area contributed by atoms with E-state index in [-0.39, 0.29) is 30.9 Å². The summed E-state index contributed by atoms with van der Waals surface area (Å²) in [4.78, 5) is 45.6. The molecule has 0 atom stereocenters. The maximum Gasteiger partial charge on any atom is 0.331 e. The van der Waals surface area contributed by atoms with E-state index in [0.717, 1.165) is 17.1 Å². The van der Waals surface area contributed by atoms with Crippen LogP contribution in [0.15, 0.2) is 12.2 Å². The lowest BCUT2D eigenvalue weighted by molar-refractivity contribution is -0.145. The van der Waals surface area contributed by atoms with E-state index in [1.165, 1.54) is 7.11 Å². The summed E-state index contributed by atoms with van der Waals surface area (Å²) in [6.07, 6.45) is 2.45. The first-order valence-electron chi connectivity index (χ1n) is 6.37. The molecule has 0 aromatic carbocycles. The molecule has 21 heavy (non-hydrogen) atoms. The summed E-state index contributed by atoms with van der Waals surface area (Å²) in [6.45, 7) is 5.47. The third-order valence-electron chi connectivity index (χ3n) is 2.26. The predicted octanol–water partition coefficient (Wildman–Crippen LogP) is 0.680. The van der Waals surface area contributed by atoms with Gasteiger partial charge in [-0.3, -0.25) is 14.5 Å². The molecule has 0 saturated heterocycles. The van der Waals surface area contributed by atoms with Crippen molar-refractivity contribution in [3.05, 3.63) is 12.2 Å². The number of rotatable bonds is 7. The molecule has 0 unspecified atom stereocenters. The molecule has 0 rings (SSSR count). The van der Waals surface area contributed by atoms with E-state index in [1.54, 1.807) is 0 Å². The lowest BCUT2D eigenvalue weighted by Crippen LogP contribution is -2.35. The summed E-state index contributed by atoms with van der Waals surface area (Å²) < 4.78 is 9.07. The van der Waals surface area contributed by atoms with Gasteiger partial charge in [-0.25, -0.2) is 9.59 Å². The average Bonchev–Trinajstić information content (AvgIpc) is 2.38. The van der Waals surface area contributed by atoms with E-state index >= 15 is 0 Å². The van der Waals surface area contributed by atoms with Crippen molar-refractivity contribution in [1.82, 2.24) is 4.90 Å². The third kappa shape index (κ3) is 9.37. The molecule has 0 N–H and O–H groups in total. The second-order valence-corrected chi connectivity index (χ2v) is 5.45. The van der Waals surface area contributed by atoms with Crippen molar-refractivity contribution in [2.75, 3.05) is 20.3 Å². The van der Waals surface area contributed by atoms with E-state index in [4.69, 9.17) is 4.74 Å². The molecule has 0 aliphatic heterocycles. The molecular weight excluding hydrogens is 278 g/mol. The molecule has 0 saturated carbocycles. The molecule has 2 amide bonds. The van der Waals surface area contributed by atoms with Gasteiger partial charge in [0.05, 0.1) is 13.7 Å². The first-order valence-corrected chi connectivity index (χ1v) is 6.37. The van der Waals surface area contributed by atoms with Crippen molar-refractivity contribution in [1.29, 1.82) is 0 Å². The number of methoxy groups -OCH3 is 1. The highest BCUT2D eigenvalue weighted by atomic mass is 16.5. The first-order chi connectivity index (χ1) is 9.69. The molecule has 7 heteroatoms. The van der Waals surface area contributed by atoms with Gasteiger partial charge in [0.2, 0.25) is 12.3 Å². The minimum Gasteiger partial charge on any atom is -0.466 e. The van der Waals surface area contributed by atoms with Gasteiger partial charge in [0.15, 0.2) is 0 Å². The number of hydrogen-bond acceptors (Lipinski definition) is 6. The molecule has 0 aromatic heterocycles. The molecule has 0 bridgehead atoms. The standard InChI is InChI=1S/C14H21NO6/c1-14(2,3)9-11(17)15(10-16)7-8-21-13(19)6-5-12(18)20-4/h5-6,10H,7-9H2,1-4H3/b6-5+. The van der Waals surface area contributed by atoms with Crippen LogP contribution < -0.4 is 0 Å². The number of ether oxygens (including phenoxy) is 2. The van der Waals surface area contributed by atoms with Gasteiger partial charge < -0.3 is 9.47 Å². The Labute approximate surface area is 123 Å². The molecule has 0 radical (unpaired) electrons. The zero-order valence-corrected chi connectivity index (χ0v) is 12.8. The number of hydrogen-bond donors (Lipinski definition) is 0. The summed E-state index contributed by atoms with van der Waals surface area (Å²) in [7, 11) is 1.18. The van der Waals surface area contributed by atoms with Crippen LogP contribution in [0, 0.1) is 5.41 Å². The van der Waals surface area contributed by atoms with E-state index in [1.807, 2.05) is 20.8 Å². The maximum atomic E-state index is 11.8. The number of esters is 2. The van der Waals surface area contributed by atoms with Crippen molar-refractivity contribution >= 4 is 24.3 Å². The summed E-state index contributed by atoms with van der Waals surface area (Å²) in [5.74, 6) is -1.77. The van der Waals surface area contributed by atoms with Crippen molar-refractivity contribution in [2.45, 2.75) is 27.2 Å². The molecule has 0 aromatic rings. The second kappa shape index (κ2) is 8.89. The molecule has 118 valence electrons. The monoisotopic (exact) mass is 299 g/mol. The Morgan fingerprint density at radius 2 is 1.67 bits per heavy atom. The van der Waals surface area contributed by atoms with E-state index in [0.29, 0.717) is 6.41 Å². The van der Waals surface area contributed by atoms with Gasteiger partial charge >= 0.3 is 11.9 Å². The highest BCUT2D eigenvalue weighted by molar-refractivity contribution is 5.91. The number of nitrogens with zero attached hydrogens (tertiary/aromatic N) is 1. The average molecular weight is 299 g/mol. The number of amides is 2. The summed E-state index contributed by atoms with van der Waals surface area (Å²) in [6, 6.07) is 0. The Bertz CT molecular complexity index is 422. The topological polar surface area (TPSA) is 90.0 Å². The highest BCUT2D eigenvalue weighted by Gasteiger charge is 2.20. The SMILES string of the molecule is COC(=O)/C=C/C(=O)OCCN(C=O)C(=O)CC(C)(C)C. The Morgan fingerprint density at radius 3 is 2.14 bits per heavy atom. The molecule has 0 aliphatic carbocycles. The summed E-state index contributed by atoms with van der Waals surface area (Å²) in [5.41, 5.74) is -0.238. The largest absolute Gasteiger partial charge is 0.466 e. The Hall–Kier alpha value is -2.18. The highest BCUT2D eigenvalue weighted by Crippen LogP contribution is 2.19.